The smallest absolute Gasteiger partial charge is 0.216 e. The molecule has 2 aromatic carbocycles. The minimum absolute atomic E-state index is 0.117. The van der Waals surface area contributed by atoms with Gasteiger partial charge in [0.05, 0.1) is 17.0 Å². The molecule has 0 aliphatic rings. The van der Waals surface area contributed by atoms with Crippen molar-refractivity contribution >= 4 is 11.3 Å². The number of rotatable bonds is 3. The standard InChI is InChI=1S/C21H18F2N4O/c1-12-20(16-9-6-14(22)10-17(16)23)21-24-18(11-19(28)27(21)25-12)13-4-7-15(8-5-13)26(2)3/h4-11,28H,1-3H3. The van der Waals surface area contributed by atoms with Crippen LogP contribution in [0.2, 0.25) is 0 Å². The van der Waals surface area contributed by atoms with E-state index in [-0.39, 0.29) is 11.4 Å². The van der Waals surface area contributed by atoms with Gasteiger partial charge in [-0.15, -0.1) is 0 Å². The van der Waals surface area contributed by atoms with Gasteiger partial charge in [-0.3, -0.25) is 0 Å². The first-order valence-electron chi connectivity index (χ1n) is 8.67. The molecule has 0 unspecified atom stereocenters. The Morgan fingerprint density at radius 2 is 1.71 bits per heavy atom. The maximum Gasteiger partial charge on any atom is 0.216 e. The fraction of sp³-hybridized carbons (Fsp3) is 0.143. The van der Waals surface area contributed by atoms with Crippen molar-refractivity contribution in [1.29, 1.82) is 0 Å². The van der Waals surface area contributed by atoms with E-state index in [2.05, 4.69) is 10.1 Å². The SMILES string of the molecule is Cc1nn2c(O)cc(-c3ccc(N(C)C)cc3)nc2c1-c1ccc(F)cc1F. The van der Waals surface area contributed by atoms with Crippen molar-refractivity contribution in [2.45, 2.75) is 6.92 Å². The zero-order valence-electron chi connectivity index (χ0n) is 15.6. The lowest BCUT2D eigenvalue weighted by atomic mass is 10.1. The lowest BCUT2D eigenvalue weighted by Gasteiger charge is -2.12. The van der Waals surface area contributed by atoms with E-state index < -0.39 is 11.6 Å². The van der Waals surface area contributed by atoms with Crippen molar-refractivity contribution in [3.05, 3.63) is 65.9 Å². The molecule has 0 fully saturated rings. The van der Waals surface area contributed by atoms with Crippen molar-refractivity contribution in [2.24, 2.45) is 0 Å². The predicted octanol–water partition coefficient (Wildman–Crippen LogP) is 4.42. The Kier molecular flexibility index (Phi) is 4.22. The third-order valence-corrected chi connectivity index (χ3v) is 4.63. The van der Waals surface area contributed by atoms with Gasteiger partial charge in [-0.05, 0) is 31.2 Å². The summed E-state index contributed by atoms with van der Waals surface area (Å²) in [5, 5.41) is 14.7. The molecule has 0 spiro atoms. The number of hydrogen-bond acceptors (Lipinski definition) is 4. The molecule has 0 radical (unpaired) electrons. The topological polar surface area (TPSA) is 53.7 Å². The van der Waals surface area contributed by atoms with E-state index >= 15 is 0 Å². The molecule has 4 aromatic rings. The highest BCUT2D eigenvalue weighted by molar-refractivity contribution is 5.82. The van der Waals surface area contributed by atoms with Gasteiger partial charge in [0.1, 0.15) is 11.6 Å². The Balaban J connectivity index is 1.92. The second kappa shape index (κ2) is 6.60. The van der Waals surface area contributed by atoms with Crippen molar-refractivity contribution in [2.75, 3.05) is 19.0 Å². The summed E-state index contributed by atoms with van der Waals surface area (Å²) >= 11 is 0. The molecule has 2 aromatic heterocycles. The summed E-state index contributed by atoms with van der Waals surface area (Å²) in [7, 11) is 3.90. The Labute approximate surface area is 160 Å². The number of fused-ring (bicyclic) bond motifs is 1. The van der Waals surface area contributed by atoms with E-state index in [1.54, 1.807) is 6.92 Å². The molecule has 0 aliphatic carbocycles. The monoisotopic (exact) mass is 380 g/mol. The number of aromatic hydroxyl groups is 1. The van der Waals surface area contributed by atoms with Crippen LogP contribution in [0.15, 0.2) is 48.5 Å². The summed E-state index contributed by atoms with van der Waals surface area (Å²) in [5.74, 6) is -1.48. The van der Waals surface area contributed by atoms with Gasteiger partial charge >= 0.3 is 0 Å². The molecule has 5 nitrogen and oxygen atoms in total. The van der Waals surface area contributed by atoms with Crippen molar-refractivity contribution in [3.8, 4) is 28.3 Å². The van der Waals surface area contributed by atoms with Crippen LogP contribution in [-0.2, 0) is 0 Å². The Morgan fingerprint density at radius 3 is 2.36 bits per heavy atom. The fourth-order valence-corrected chi connectivity index (χ4v) is 3.19. The fourth-order valence-electron chi connectivity index (χ4n) is 3.19. The molecule has 0 atom stereocenters. The number of halogens is 2. The summed E-state index contributed by atoms with van der Waals surface area (Å²) in [5.41, 5.74) is 3.73. The average molecular weight is 380 g/mol. The van der Waals surface area contributed by atoms with Crippen molar-refractivity contribution < 1.29 is 13.9 Å². The van der Waals surface area contributed by atoms with E-state index in [1.165, 1.54) is 22.7 Å². The van der Waals surface area contributed by atoms with Gasteiger partial charge in [-0.25, -0.2) is 13.8 Å². The highest BCUT2D eigenvalue weighted by Gasteiger charge is 2.20. The minimum atomic E-state index is -0.708. The summed E-state index contributed by atoms with van der Waals surface area (Å²) in [6, 6.07) is 12.6. The van der Waals surface area contributed by atoms with Gasteiger partial charge in [0.25, 0.3) is 0 Å². The molecule has 0 saturated carbocycles. The van der Waals surface area contributed by atoms with E-state index in [9.17, 15) is 13.9 Å². The molecule has 28 heavy (non-hydrogen) atoms. The van der Waals surface area contributed by atoms with E-state index in [1.807, 2.05) is 43.3 Å². The van der Waals surface area contributed by atoms with E-state index in [4.69, 9.17) is 0 Å². The number of hydrogen-bond donors (Lipinski definition) is 1. The highest BCUT2D eigenvalue weighted by Crippen LogP contribution is 2.33. The third kappa shape index (κ3) is 2.94. The Hall–Kier alpha value is -3.48. The molecular formula is C21H18F2N4O. The molecule has 0 bridgehead atoms. The van der Waals surface area contributed by atoms with Crippen LogP contribution in [0.1, 0.15) is 5.69 Å². The van der Waals surface area contributed by atoms with Crippen LogP contribution in [0.4, 0.5) is 14.5 Å². The number of aromatic nitrogens is 3. The maximum absolute atomic E-state index is 14.4. The summed E-state index contributed by atoms with van der Waals surface area (Å²) in [6.45, 7) is 1.69. The van der Waals surface area contributed by atoms with Gasteiger partial charge in [0, 0.05) is 43.0 Å². The van der Waals surface area contributed by atoms with E-state index in [0.29, 0.717) is 22.6 Å². The largest absolute Gasteiger partial charge is 0.493 e. The molecule has 4 rings (SSSR count). The van der Waals surface area contributed by atoms with Gasteiger partial charge in [-0.1, -0.05) is 12.1 Å². The van der Waals surface area contributed by atoms with Gasteiger partial charge in [-0.2, -0.15) is 9.61 Å². The molecule has 7 heteroatoms. The van der Waals surface area contributed by atoms with Crippen LogP contribution in [0.25, 0.3) is 28.0 Å². The lowest BCUT2D eigenvalue weighted by Crippen LogP contribution is -2.07. The zero-order chi connectivity index (χ0) is 20.0. The molecule has 1 N–H and O–H groups in total. The maximum atomic E-state index is 14.4. The molecule has 0 saturated heterocycles. The van der Waals surface area contributed by atoms with Crippen LogP contribution in [0, 0.1) is 18.6 Å². The number of benzene rings is 2. The number of anilines is 1. The summed E-state index contributed by atoms with van der Waals surface area (Å²) < 4.78 is 29.0. The first-order chi connectivity index (χ1) is 13.3. The molecule has 0 amide bonds. The number of nitrogens with zero attached hydrogens (tertiary/aromatic N) is 4. The van der Waals surface area contributed by atoms with Gasteiger partial charge in [0.15, 0.2) is 5.65 Å². The van der Waals surface area contributed by atoms with Gasteiger partial charge < -0.3 is 10.0 Å². The zero-order valence-corrected chi connectivity index (χ0v) is 15.6. The quantitative estimate of drug-likeness (QED) is 0.572. The van der Waals surface area contributed by atoms with E-state index in [0.717, 1.165) is 17.3 Å². The van der Waals surface area contributed by atoms with Gasteiger partial charge in [0.2, 0.25) is 5.88 Å². The Morgan fingerprint density at radius 1 is 1.00 bits per heavy atom. The average Bonchev–Trinajstić information content (AvgIpc) is 2.98. The van der Waals surface area contributed by atoms with Crippen LogP contribution in [0.3, 0.4) is 0 Å². The molecule has 2 heterocycles. The summed E-state index contributed by atoms with van der Waals surface area (Å²) in [6.07, 6.45) is 0. The highest BCUT2D eigenvalue weighted by atomic mass is 19.1. The summed E-state index contributed by atoms with van der Waals surface area (Å²) in [4.78, 5) is 6.59. The second-order valence-corrected chi connectivity index (χ2v) is 6.76. The molecular weight excluding hydrogens is 362 g/mol. The van der Waals surface area contributed by atoms with Crippen molar-refractivity contribution in [1.82, 2.24) is 14.6 Å². The van der Waals surface area contributed by atoms with Crippen LogP contribution < -0.4 is 4.90 Å². The van der Waals surface area contributed by atoms with Crippen molar-refractivity contribution in [3.63, 3.8) is 0 Å². The van der Waals surface area contributed by atoms with Crippen LogP contribution in [-0.4, -0.2) is 33.8 Å². The van der Waals surface area contributed by atoms with Crippen LogP contribution >= 0.6 is 0 Å². The lowest BCUT2D eigenvalue weighted by molar-refractivity contribution is 0.435. The normalized spacial score (nSPS) is 11.2. The second-order valence-electron chi connectivity index (χ2n) is 6.76. The van der Waals surface area contributed by atoms with Crippen LogP contribution in [0.5, 0.6) is 5.88 Å². The minimum Gasteiger partial charge on any atom is -0.493 e. The Bertz CT molecular complexity index is 1180. The first-order valence-corrected chi connectivity index (χ1v) is 8.67. The first kappa shape index (κ1) is 17.9. The molecule has 142 valence electrons. The third-order valence-electron chi connectivity index (χ3n) is 4.63. The predicted molar refractivity (Wildman–Crippen MR) is 105 cm³/mol. The molecule has 0 aliphatic heterocycles. The number of aryl methyl sites for hydroxylation is 1.